The van der Waals surface area contributed by atoms with Crippen LogP contribution in [0.25, 0.3) is 0 Å². The first-order valence-electron chi connectivity index (χ1n) is 7.44. The minimum absolute atomic E-state index is 0.178. The van der Waals surface area contributed by atoms with Crippen molar-refractivity contribution in [3.05, 3.63) is 36.1 Å². The van der Waals surface area contributed by atoms with Crippen molar-refractivity contribution in [3.8, 4) is 0 Å². The number of nitrogens with zero attached hydrogens (tertiary/aromatic N) is 2. The molecule has 9 heteroatoms. The normalized spacial score (nSPS) is 13.3. The minimum Gasteiger partial charge on any atom is -0.454 e. The van der Waals surface area contributed by atoms with E-state index in [9.17, 15) is 14.4 Å². The van der Waals surface area contributed by atoms with E-state index in [-0.39, 0.29) is 24.0 Å². The molecule has 2 heterocycles. The standard InChI is InChI=1S/C16H15N3O5S/c1-10-6-13(18-24-10)17-14(20)8-23-16(22)7-19-11-4-2-3-5-12(11)25-9-15(19)21/h2-6H,7-9H2,1H3,(H,17,18,20). The summed E-state index contributed by atoms with van der Waals surface area (Å²) in [4.78, 5) is 38.1. The van der Waals surface area contributed by atoms with E-state index in [0.717, 1.165) is 4.90 Å². The Labute approximate surface area is 147 Å². The van der Waals surface area contributed by atoms with Gasteiger partial charge in [0.25, 0.3) is 5.91 Å². The molecule has 1 aliphatic heterocycles. The summed E-state index contributed by atoms with van der Waals surface area (Å²) in [5, 5.41) is 6.05. The zero-order valence-corrected chi connectivity index (χ0v) is 14.2. The monoisotopic (exact) mass is 361 g/mol. The maximum Gasteiger partial charge on any atom is 0.326 e. The maximum atomic E-state index is 12.1. The average molecular weight is 361 g/mol. The first kappa shape index (κ1) is 17.0. The Kier molecular flexibility index (Phi) is 5.03. The number of para-hydroxylation sites is 1. The lowest BCUT2D eigenvalue weighted by atomic mass is 10.2. The number of amides is 2. The summed E-state index contributed by atoms with van der Waals surface area (Å²) in [6, 6.07) is 8.86. The molecule has 1 aliphatic rings. The molecule has 1 N–H and O–H groups in total. The van der Waals surface area contributed by atoms with Crippen LogP contribution in [-0.2, 0) is 19.1 Å². The van der Waals surface area contributed by atoms with Gasteiger partial charge in [-0.15, -0.1) is 11.8 Å². The molecule has 0 atom stereocenters. The smallest absolute Gasteiger partial charge is 0.326 e. The number of nitrogens with one attached hydrogen (secondary N) is 1. The second kappa shape index (κ2) is 7.39. The molecule has 130 valence electrons. The van der Waals surface area contributed by atoms with Crippen molar-refractivity contribution in [2.75, 3.05) is 29.1 Å². The van der Waals surface area contributed by atoms with E-state index in [1.54, 1.807) is 25.1 Å². The zero-order valence-electron chi connectivity index (χ0n) is 13.4. The predicted molar refractivity (Wildman–Crippen MR) is 90.3 cm³/mol. The van der Waals surface area contributed by atoms with Crippen molar-refractivity contribution >= 4 is 41.1 Å². The maximum absolute atomic E-state index is 12.1. The molecule has 8 nitrogen and oxygen atoms in total. The van der Waals surface area contributed by atoms with Gasteiger partial charge in [0.2, 0.25) is 5.91 Å². The van der Waals surface area contributed by atoms with Crippen LogP contribution in [0, 0.1) is 6.92 Å². The molecule has 1 aromatic carbocycles. The van der Waals surface area contributed by atoms with Crippen LogP contribution in [0.15, 0.2) is 39.8 Å². The molecule has 0 saturated carbocycles. The fourth-order valence-corrected chi connectivity index (χ4v) is 3.19. The van der Waals surface area contributed by atoms with E-state index in [2.05, 4.69) is 10.5 Å². The lowest BCUT2D eigenvalue weighted by Gasteiger charge is -2.27. The number of carbonyl (C=O) groups excluding carboxylic acids is 3. The van der Waals surface area contributed by atoms with E-state index < -0.39 is 18.5 Å². The first-order chi connectivity index (χ1) is 12.0. The van der Waals surface area contributed by atoms with Gasteiger partial charge in [0.15, 0.2) is 12.4 Å². The van der Waals surface area contributed by atoms with E-state index in [1.165, 1.54) is 16.7 Å². The molecule has 0 spiro atoms. The molecule has 3 rings (SSSR count). The van der Waals surface area contributed by atoms with Crippen LogP contribution in [0.4, 0.5) is 11.5 Å². The largest absolute Gasteiger partial charge is 0.454 e. The molecule has 0 radical (unpaired) electrons. The van der Waals surface area contributed by atoms with Gasteiger partial charge in [0.1, 0.15) is 12.3 Å². The van der Waals surface area contributed by atoms with Crippen LogP contribution in [-0.4, -0.2) is 41.8 Å². The van der Waals surface area contributed by atoms with Gasteiger partial charge >= 0.3 is 5.97 Å². The van der Waals surface area contributed by atoms with Crippen LogP contribution in [0.5, 0.6) is 0 Å². The number of carbonyl (C=O) groups is 3. The predicted octanol–water partition coefficient (Wildman–Crippen LogP) is 1.60. The van der Waals surface area contributed by atoms with Crippen molar-refractivity contribution in [1.82, 2.24) is 5.16 Å². The fraction of sp³-hybridized carbons (Fsp3) is 0.250. The Bertz CT molecular complexity index is 820. The number of hydrogen-bond donors (Lipinski definition) is 1. The SMILES string of the molecule is Cc1cc(NC(=O)COC(=O)CN2C(=O)CSc3ccccc32)no1. The molecule has 2 aromatic rings. The minimum atomic E-state index is -0.665. The third kappa shape index (κ3) is 4.18. The van der Waals surface area contributed by atoms with Crippen LogP contribution < -0.4 is 10.2 Å². The summed E-state index contributed by atoms with van der Waals surface area (Å²) in [5.41, 5.74) is 0.670. The number of benzene rings is 1. The summed E-state index contributed by atoms with van der Waals surface area (Å²) in [6.45, 7) is 0.977. The summed E-state index contributed by atoms with van der Waals surface area (Å²) in [6.07, 6.45) is 0. The van der Waals surface area contributed by atoms with E-state index in [1.807, 2.05) is 12.1 Å². The van der Waals surface area contributed by atoms with Crippen molar-refractivity contribution < 1.29 is 23.6 Å². The summed E-state index contributed by atoms with van der Waals surface area (Å²) in [5.74, 6) is -0.327. The lowest BCUT2D eigenvalue weighted by Crippen LogP contribution is -2.40. The van der Waals surface area contributed by atoms with Gasteiger partial charge in [-0.2, -0.15) is 0 Å². The highest BCUT2D eigenvalue weighted by Crippen LogP contribution is 2.34. The molecule has 0 aliphatic carbocycles. The molecular weight excluding hydrogens is 346 g/mol. The van der Waals surface area contributed by atoms with Crippen LogP contribution >= 0.6 is 11.8 Å². The van der Waals surface area contributed by atoms with Crippen LogP contribution in [0.2, 0.25) is 0 Å². The highest BCUT2D eigenvalue weighted by molar-refractivity contribution is 8.00. The molecule has 0 bridgehead atoms. The molecule has 0 unspecified atom stereocenters. The van der Waals surface area contributed by atoms with Gasteiger partial charge in [-0.05, 0) is 19.1 Å². The molecular formula is C16H15N3O5S. The molecule has 0 fully saturated rings. The molecule has 1 aromatic heterocycles. The molecule has 25 heavy (non-hydrogen) atoms. The second-order valence-corrected chi connectivity index (χ2v) is 6.29. The number of hydrogen-bond acceptors (Lipinski definition) is 7. The first-order valence-corrected chi connectivity index (χ1v) is 8.42. The van der Waals surface area contributed by atoms with Gasteiger partial charge < -0.3 is 14.6 Å². The lowest BCUT2D eigenvalue weighted by molar-refractivity contribution is -0.146. The van der Waals surface area contributed by atoms with Gasteiger partial charge in [-0.3, -0.25) is 19.3 Å². The summed E-state index contributed by atoms with van der Waals surface area (Å²) < 4.78 is 9.76. The fourth-order valence-electron chi connectivity index (χ4n) is 2.25. The quantitative estimate of drug-likeness (QED) is 0.807. The van der Waals surface area contributed by atoms with Crippen molar-refractivity contribution in [1.29, 1.82) is 0 Å². The third-order valence-electron chi connectivity index (χ3n) is 3.36. The zero-order chi connectivity index (χ0) is 17.8. The number of fused-ring (bicyclic) bond motifs is 1. The van der Waals surface area contributed by atoms with Gasteiger partial charge in [-0.25, -0.2) is 0 Å². The molecule has 0 saturated heterocycles. The van der Waals surface area contributed by atoms with E-state index >= 15 is 0 Å². The molecule has 2 amide bonds. The van der Waals surface area contributed by atoms with E-state index in [0.29, 0.717) is 11.4 Å². The van der Waals surface area contributed by atoms with Crippen molar-refractivity contribution in [2.24, 2.45) is 0 Å². The number of aromatic nitrogens is 1. The van der Waals surface area contributed by atoms with Crippen molar-refractivity contribution in [3.63, 3.8) is 0 Å². The Morgan fingerprint density at radius 1 is 1.40 bits per heavy atom. The summed E-state index contributed by atoms with van der Waals surface area (Å²) in [7, 11) is 0. The number of rotatable bonds is 5. The van der Waals surface area contributed by atoms with E-state index in [4.69, 9.17) is 9.26 Å². The second-order valence-electron chi connectivity index (χ2n) is 5.27. The van der Waals surface area contributed by atoms with Crippen molar-refractivity contribution in [2.45, 2.75) is 11.8 Å². The number of aryl methyl sites for hydroxylation is 1. The van der Waals surface area contributed by atoms with Crippen LogP contribution in [0.3, 0.4) is 0 Å². The van der Waals surface area contributed by atoms with Gasteiger partial charge in [0, 0.05) is 11.0 Å². The topological polar surface area (TPSA) is 102 Å². The average Bonchev–Trinajstić information content (AvgIpc) is 3.00. The van der Waals surface area contributed by atoms with Gasteiger partial charge in [0.05, 0.1) is 11.4 Å². The number of esters is 1. The Morgan fingerprint density at radius 3 is 2.96 bits per heavy atom. The van der Waals surface area contributed by atoms with Crippen LogP contribution in [0.1, 0.15) is 5.76 Å². The number of ether oxygens (including phenoxy) is 1. The Hall–Kier alpha value is -2.81. The highest BCUT2D eigenvalue weighted by Gasteiger charge is 2.26. The Morgan fingerprint density at radius 2 is 2.20 bits per heavy atom. The Balaban J connectivity index is 1.54. The number of thioether (sulfide) groups is 1. The van der Waals surface area contributed by atoms with Gasteiger partial charge in [-0.1, -0.05) is 17.3 Å². The third-order valence-corrected chi connectivity index (χ3v) is 4.40. The summed E-state index contributed by atoms with van der Waals surface area (Å²) >= 11 is 1.43. The number of anilines is 2. The highest BCUT2D eigenvalue weighted by atomic mass is 32.2.